The first-order valence-electron chi connectivity index (χ1n) is 13.6. The highest BCUT2D eigenvalue weighted by Crippen LogP contribution is 2.62. The quantitative estimate of drug-likeness (QED) is 0.348. The number of allylic oxidation sites excluding steroid dienone is 1. The van der Waals surface area contributed by atoms with Gasteiger partial charge in [0.15, 0.2) is 11.4 Å². The molecule has 3 atom stereocenters. The molecule has 3 N–H and O–H groups in total. The summed E-state index contributed by atoms with van der Waals surface area (Å²) in [6.45, 7) is 10.9. The molecule has 0 amide bonds. The molecule has 2 aromatic rings. The van der Waals surface area contributed by atoms with Gasteiger partial charge in [0.25, 0.3) is 0 Å². The third-order valence-electron chi connectivity index (χ3n) is 9.02. The number of ketones is 3. The fourth-order valence-electron chi connectivity index (χ4n) is 7.63. The van der Waals surface area contributed by atoms with Crippen molar-refractivity contribution in [2.24, 2.45) is 16.7 Å². The van der Waals surface area contributed by atoms with Crippen LogP contribution in [-0.4, -0.2) is 38.3 Å². The average molecular weight is 529 g/mol. The van der Waals surface area contributed by atoms with Gasteiger partial charge in [-0.25, -0.2) is 0 Å². The molecule has 204 valence electrons. The topological polar surface area (TPSA) is 112 Å². The number of rotatable bonds is 4. The first-order valence-corrected chi connectivity index (χ1v) is 13.6. The van der Waals surface area contributed by atoms with Crippen LogP contribution >= 0.6 is 0 Å². The highest BCUT2D eigenvalue weighted by atomic mass is 16.3. The number of aliphatic hydroxyl groups excluding tert-OH is 1. The van der Waals surface area contributed by atoms with E-state index >= 15 is 0 Å². The number of benzene rings is 2. The largest absolute Gasteiger partial charge is 0.507 e. The van der Waals surface area contributed by atoms with Gasteiger partial charge in [-0.15, -0.1) is 0 Å². The number of aliphatic hydroxyl groups is 2. The SMILES string of the molecule is CC(=O)C1=C(C)C[C@@]2(C)C[C@@]3(C)Cc4c(-c5cccc(CC(C)C)c5)ccc(O)c4C(O)=C3C(=O)[C@@]2(O)C1=O. The molecule has 2 aromatic carbocycles. The zero-order chi connectivity index (χ0) is 28.7. The molecule has 1 saturated carbocycles. The van der Waals surface area contributed by atoms with Gasteiger partial charge in [0, 0.05) is 16.4 Å². The van der Waals surface area contributed by atoms with E-state index in [0.29, 0.717) is 17.9 Å². The number of aromatic hydroxyl groups is 1. The zero-order valence-corrected chi connectivity index (χ0v) is 23.4. The van der Waals surface area contributed by atoms with Crippen LogP contribution in [0.5, 0.6) is 5.75 Å². The number of phenols is 1. The molecule has 3 aliphatic rings. The van der Waals surface area contributed by atoms with Crippen molar-refractivity contribution in [3.05, 3.63) is 69.8 Å². The number of carbonyl (C=O) groups is 3. The molecule has 0 saturated heterocycles. The van der Waals surface area contributed by atoms with Crippen molar-refractivity contribution in [1.29, 1.82) is 0 Å². The van der Waals surface area contributed by atoms with E-state index in [2.05, 4.69) is 26.0 Å². The normalized spacial score (nSPS) is 28.4. The number of hydrogen-bond acceptors (Lipinski definition) is 6. The van der Waals surface area contributed by atoms with Gasteiger partial charge in [0.05, 0.1) is 11.1 Å². The fraction of sp³-hybridized carbons (Fsp3) is 0.424. The Bertz CT molecular complexity index is 1520. The number of Topliss-reactive ketones (excluding diaryl/α,β-unsaturated/α-hetero) is 3. The predicted octanol–water partition coefficient (Wildman–Crippen LogP) is 5.68. The molecule has 1 fully saturated rings. The third-order valence-corrected chi connectivity index (χ3v) is 9.02. The molecule has 0 aromatic heterocycles. The predicted molar refractivity (Wildman–Crippen MR) is 149 cm³/mol. The number of carbonyl (C=O) groups excluding carboxylic acids is 3. The maximum absolute atomic E-state index is 14.1. The first-order chi connectivity index (χ1) is 18.1. The maximum Gasteiger partial charge on any atom is 0.206 e. The lowest BCUT2D eigenvalue weighted by molar-refractivity contribution is -0.171. The highest BCUT2D eigenvalue weighted by Gasteiger charge is 2.69. The lowest BCUT2D eigenvalue weighted by Crippen LogP contribution is -2.67. The Kier molecular flexibility index (Phi) is 6.07. The second-order valence-corrected chi connectivity index (χ2v) is 12.7. The second kappa shape index (κ2) is 8.75. The number of fused-ring (bicyclic) bond motifs is 3. The van der Waals surface area contributed by atoms with Gasteiger partial charge in [0.1, 0.15) is 11.5 Å². The number of phenolic OH excluding ortho intramolecular Hbond substituents is 1. The van der Waals surface area contributed by atoms with E-state index in [4.69, 9.17) is 0 Å². The Hall–Kier alpha value is -3.51. The summed E-state index contributed by atoms with van der Waals surface area (Å²) < 4.78 is 0. The maximum atomic E-state index is 14.1. The van der Waals surface area contributed by atoms with E-state index in [0.717, 1.165) is 23.1 Å². The molecule has 0 aliphatic heterocycles. The molecule has 0 radical (unpaired) electrons. The molecule has 3 aliphatic carbocycles. The summed E-state index contributed by atoms with van der Waals surface area (Å²) in [7, 11) is 0. The summed E-state index contributed by atoms with van der Waals surface area (Å²) >= 11 is 0. The smallest absolute Gasteiger partial charge is 0.206 e. The van der Waals surface area contributed by atoms with Crippen molar-refractivity contribution in [2.45, 2.75) is 72.8 Å². The molecule has 0 spiro atoms. The van der Waals surface area contributed by atoms with Crippen LogP contribution in [0.1, 0.15) is 71.1 Å². The summed E-state index contributed by atoms with van der Waals surface area (Å²) in [5.74, 6) is -2.40. The molecule has 0 unspecified atom stereocenters. The van der Waals surface area contributed by atoms with Gasteiger partial charge >= 0.3 is 0 Å². The summed E-state index contributed by atoms with van der Waals surface area (Å²) in [4.78, 5) is 40.1. The highest BCUT2D eigenvalue weighted by molar-refractivity contribution is 6.33. The summed E-state index contributed by atoms with van der Waals surface area (Å²) in [6.07, 6.45) is 1.68. The number of hydrogen-bond donors (Lipinski definition) is 3. The van der Waals surface area contributed by atoms with Crippen LogP contribution in [0, 0.1) is 16.7 Å². The van der Waals surface area contributed by atoms with E-state index in [-0.39, 0.29) is 35.3 Å². The molecule has 0 heterocycles. The van der Waals surface area contributed by atoms with E-state index < -0.39 is 39.5 Å². The van der Waals surface area contributed by atoms with Crippen molar-refractivity contribution >= 4 is 23.1 Å². The Labute approximate surface area is 229 Å². The van der Waals surface area contributed by atoms with Crippen LogP contribution in [0.25, 0.3) is 16.9 Å². The van der Waals surface area contributed by atoms with E-state index in [1.165, 1.54) is 18.6 Å². The first kappa shape index (κ1) is 27.1. The van der Waals surface area contributed by atoms with E-state index in [1.807, 2.05) is 25.1 Å². The summed E-state index contributed by atoms with van der Waals surface area (Å²) in [5.41, 5.74) is -0.354. The van der Waals surface area contributed by atoms with Gasteiger partial charge < -0.3 is 15.3 Å². The third kappa shape index (κ3) is 3.75. The Morgan fingerprint density at radius 2 is 1.72 bits per heavy atom. The van der Waals surface area contributed by atoms with Crippen molar-refractivity contribution in [3.63, 3.8) is 0 Å². The van der Waals surface area contributed by atoms with E-state index in [1.54, 1.807) is 13.8 Å². The van der Waals surface area contributed by atoms with Crippen molar-refractivity contribution < 1.29 is 29.7 Å². The van der Waals surface area contributed by atoms with Crippen LogP contribution in [0.4, 0.5) is 0 Å². The molecule has 0 bridgehead atoms. The van der Waals surface area contributed by atoms with Crippen molar-refractivity contribution in [3.8, 4) is 16.9 Å². The zero-order valence-electron chi connectivity index (χ0n) is 23.4. The standard InChI is InChI=1S/C33H36O6/c1-17(2)12-20-8-7-9-21(13-20)22-10-11-24(35)26-23(22)15-31(5)16-32(6)14-18(3)25(19(4)34)29(37)33(32,39)30(38)27(31)28(26)36/h7-11,13,17,35-36,39H,12,14-16H2,1-6H3/t31-,32+,33+/m1/s1. The molecular formula is C33H36O6. The molecule has 6 nitrogen and oxygen atoms in total. The monoisotopic (exact) mass is 528 g/mol. The fourth-order valence-corrected chi connectivity index (χ4v) is 7.63. The minimum absolute atomic E-state index is 0.0632. The van der Waals surface area contributed by atoms with Crippen LogP contribution in [0.15, 0.2) is 53.1 Å². The van der Waals surface area contributed by atoms with Crippen LogP contribution in [-0.2, 0) is 27.2 Å². The molecule has 6 heteroatoms. The van der Waals surface area contributed by atoms with Gasteiger partial charge in [-0.2, -0.15) is 0 Å². The van der Waals surface area contributed by atoms with Crippen molar-refractivity contribution in [2.75, 3.05) is 0 Å². The lowest BCUT2D eigenvalue weighted by atomic mass is 9.46. The minimum atomic E-state index is -2.48. The van der Waals surface area contributed by atoms with Gasteiger partial charge in [-0.3, -0.25) is 14.4 Å². The van der Waals surface area contributed by atoms with E-state index in [9.17, 15) is 29.7 Å². The van der Waals surface area contributed by atoms with Gasteiger partial charge in [0.2, 0.25) is 11.6 Å². The molecule has 39 heavy (non-hydrogen) atoms. The van der Waals surface area contributed by atoms with Crippen LogP contribution in [0.3, 0.4) is 0 Å². The summed E-state index contributed by atoms with van der Waals surface area (Å²) in [5, 5.41) is 34.4. The van der Waals surface area contributed by atoms with Crippen LogP contribution in [0.2, 0.25) is 0 Å². The summed E-state index contributed by atoms with van der Waals surface area (Å²) in [6, 6.07) is 11.5. The van der Waals surface area contributed by atoms with Crippen LogP contribution < -0.4 is 0 Å². The average Bonchev–Trinajstić information content (AvgIpc) is 2.80. The van der Waals surface area contributed by atoms with Crippen molar-refractivity contribution in [1.82, 2.24) is 0 Å². The Morgan fingerprint density at radius 1 is 1.03 bits per heavy atom. The van der Waals surface area contributed by atoms with Gasteiger partial charge in [-0.1, -0.05) is 63.6 Å². The minimum Gasteiger partial charge on any atom is -0.507 e. The second-order valence-electron chi connectivity index (χ2n) is 12.7. The Balaban J connectivity index is 1.72. The Morgan fingerprint density at radius 3 is 2.36 bits per heavy atom. The molecule has 5 rings (SSSR count). The molecular weight excluding hydrogens is 492 g/mol. The lowest BCUT2D eigenvalue weighted by Gasteiger charge is -2.56. The van der Waals surface area contributed by atoms with Gasteiger partial charge in [-0.05, 0) is 73.8 Å².